The van der Waals surface area contributed by atoms with Gasteiger partial charge in [-0.25, -0.2) is 13.2 Å². The van der Waals surface area contributed by atoms with Gasteiger partial charge in [0, 0.05) is 11.1 Å². The van der Waals surface area contributed by atoms with Gasteiger partial charge in [-0.15, -0.1) is 0 Å². The first-order chi connectivity index (χ1) is 9.43. The Labute approximate surface area is 117 Å². The molecular formula is C14H8ClF3O2. The maximum atomic E-state index is 13.6. The Bertz CT molecular complexity index is 686. The van der Waals surface area contributed by atoms with E-state index >= 15 is 0 Å². The van der Waals surface area contributed by atoms with Crippen LogP contribution in [0.1, 0.15) is 15.9 Å². The maximum absolute atomic E-state index is 13.6. The van der Waals surface area contributed by atoms with Crippen LogP contribution < -0.4 is 4.74 Å². The molecule has 0 aliphatic rings. The van der Waals surface area contributed by atoms with Crippen molar-refractivity contribution >= 4 is 17.4 Å². The lowest BCUT2D eigenvalue weighted by Gasteiger charge is -2.09. The molecule has 0 bridgehead atoms. The molecule has 6 heteroatoms. The number of benzene rings is 2. The fourth-order valence-electron chi connectivity index (χ4n) is 1.70. The van der Waals surface area contributed by atoms with Gasteiger partial charge in [0.25, 0.3) is 0 Å². The first-order valence-electron chi connectivity index (χ1n) is 5.47. The van der Waals surface area contributed by atoms with E-state index in [1.165, 1.54) is 25.3 Å². The fraction of sp³-hybridized carbons (Fsp3) is 0.0714. The molecule has 0 unspecified atom stereocenters. The molecule has 2 nitrogen and oxygen atoms in total. The average Bonchev–Trinajstić information content (AvgIpc) is 2.42. The van der Waals surface area contributed by atoms with E-state index in [1.54, 1.807) is 0 Å². The zero-order valence-electron chi connectivity index (χ0n) is 10.2. The quantitative estimate of drug-likeness (QED) is 0.633. The molecule has 20 heavy (non-hydrogen) atoms. The molecule has 0 atom stereocenters. The van der Waals surface area contributed by atoms with Gasteiger partial charge >= 0.3 is 0 Å². The van der Waals surface area contributed by atoms with Crippen LogP contribution >= 0.6 is 11.6 Å². The zero-order chi connectivity index (χ0) is 14.9. The monoisotopic (exact) mass is 300 g/mol. The first kappa shape index (κ1) is 14.4. The molecule has 0 amide bonds. The van der Waals surface area contributed by atoms with Crippen molar-refractivity contribution in [3.05, 3.63) is 63.9 Å². The van der Waals surface area contributed by atoms with E-state index in [1.807, 2.05) is 0 Å². The highest BCUT2D eigenvalue weighted by Crippen LogP contribution is 2.26. The number of carbonyl (C=O) groups excluding carboxylic acids is 1. The molecule has 0 radical (unpaired) electrons. The van der Waals surface area contributed by atoms with Crippen LogP contribution in [-0.2, 0) is 0 Å². The highest BCUT2D eigenvalue weighted by Gasteiger charge is 2.21. The lowest BCUT2D eigenvalue weighted by molar-refractivity contribution is 0.103. The van der Waals surface area contributed by atoms with Crippen molar-refractivity contribution in [2.75, 3.05) is 7.11 Å². The van der Waals surface area contributed by atoms with Gasteiger partial charge in [-0.3, -0.25) is 4.79 Å². The number of carbonyl (C=O) groups is 1. The van der Waals surface area contributed by atoms with Crippen molar-refractivity contribution in [2.24, 2.45) is 0 Å². The minimum atomic E-state index is -1.36. The van der Waals surface area contributed by atoms with E-state index in [4.69, 9.17) is 16.3 Å². The Hall–Kier alpha value is -2.01. The van der Waals surface area contributed by atoms with Crippen molar-refractivity contribution in [3.8, 4) is 5.75 Å². The molecule has 104 valence electrons. The second-order valence-corrected chi connectivity index (χ2v) is 4.36. The third kappa shape index (κ3) is 2.63. The summed E-state index contributed by atoms with van der Waals surface area (Å²) >= 11 is 5.77. The zero-order valence-corrected chi connectivity index (χ0v) is 11.0. The van der Waals surface area contributed by atoms with Gasteiger partial charge < -0.3 is 4.74 Å². The summed E-state index contributed by atoms with van der Waals surface area (Å²) in [6, 6.07) is 5.00. The molecule has 0 fully saturated rings. The third-order valence-electron chi connectivity index (χ3n) is 2.66. The summed E-state index contributed by atoms with van der Waals surface area (Å²) in [5.74, 6) is -4.52. The summed E-state index contributed by atoms with van der Waals surface area (Å²) in [5, 5.41) is 0.233. The number of rotatable bonds is 3. The van der Waals surface area contributed by atoms with Gasteiger partial charge in [-0.1, -0.05) is 11.6 Å². The molecule has 0 aromatic heterocycles. The van der Waals surface area contributed by atoms with Crippen molar-refractivity contribution < 1.29 is 22.7 Å². The lowest BCUT2D eigenvalue weighted by Crippen LogP contribution is -2.08. The second kappa shape index (κ2) is 5.54. The number of hydrogen-bond acceptors (Lipinski definition) is 2. The summed E-state index contributed by atoms with van der Waals surface area (Å²) in [6.07, 6.45) is 0. The minimum absolute atomic E-state index is 0.0371. The number of ether oxygens (including phenoxy) is 1. The Morgan fingerprint density at radius 3 is 2.30 bits per heavy atom. The van der Waals surface area contributed by atoms with E-state index in [-0.39, 0.29) is 16.3 Å². The van der Waals surface area contributed by atoms with Gasteiger partial charge in [-0.05, 0) is 24.3 Å². The summed E-state index contributed by atoms with van der Waals surface area (Å²) in [6.45, 7) is 0. The largest absolute Gasteiger partial charge is 0.496 e. The van der Waals surface area contributed by atoms with E-state index in [0.717, 1.165) is 0 Å². The van der Waals surface area contributed by atoms with Gasteiger partial charge in [-0.2, -0.15) is 0 Å². The third-order valence-corrected chi connectivity index (χ3v) is 2.90. The van der Waals surface area contributed by atoms with E-state index in [9.17, 15) is 18.0 Å². The summed E-state index contributed by atoms with van der Waals surface area (Å²) in [5.41, 5.74) is -0.630. The van der Waals surface area contributed by atoms with Crippen molar-refractivity contribution in [2.45, 2.75) is 0 Å². The van der Waals surface area contributed by atoms with Crippen LogP contribution in [0.3, 0.4) is 0 Å². The predicted molar refractivity (Wildman–Crippen MR) is 67.8 cm³/mol. The van der Waals surface area contributed by atoms with E-state index in [2.05, 4.69) is 0 Å². The molecule has 0 saturated carbocycles. The molecule has 0 heterocycles. The Morgan fingerprint density at radius 1 is 1.00 bits per heavy atom. The average molecular weight is 301 g/mol. The summed E-state index contributed by atoms with van der Waals surface area (Å²) in [7, 11) is 1.32. The SMILES string of the molecule is COc1ccc(Cl)cc1C(=O)c1cc(F)c(F)cc1F. The smallest absolute Gasteiger partial charge is 0.199 e. The normalized spacial score (nSPS) is 10.4. The number of halogens is 4. The molecule has 0 spiro atoms. The van der Waals surface area contributed by atoms with E-state index in [0.29, 0.717) is 12.1 Å². The summed E-state index contributed by atoms with van der Waals surface area (Å²) in [4.78, 5) is 12.2. The van der Waals surface area contributed by atoms with Crippen LogP contribution in [0.15, 0.2) is 30.3 Å². The Kier molecular flexibility index (Phi) is 3.99. The summed E-state index contributed by atoms with van der Waals surface area (Å²) < 4.78 is 44.6. The molecule has 0 saturated heterocycles. The first-order valence-corrected chi connectivity index (χ1v) is 5.84. The highest BCUT2D eigenvalue weighted by atomic mass is 35.5. The van der Waals surface area contributed by atoms with Crippen molar-refractivity contribution in [1.29, 1.82) is 0 Å². The molecular weight excluding hydrogens is 293 g/mol. The number of methoxy groups -OCH3 is 1. The van der Waals surface area contributed by atoms with Crippen LogP contribution in [0, 0.1) is 17.5 Å². The molecule has 2 rings (SSSR count). The van der Waals surface area contributed by atoms with Crippen molar-refractivity contribution in [1.82, 2.24) is 0 Å². The van der Waals surface area contributed by atoms with E-state index < -0.39 is 28.8 Å². The van der Waals surface area contributed by atoms with Gasteiger partial charge in [0.05, 0.1) is 18.2 Å². The van der Waals surface area contributed by atoms with Crippen molar-refractivity contribution in [3.63, 3.8) is 0 Å². The molecule has 0 aliphatic heterocycles. The lowest BCUT2D eigenvalue weighted by atomic mass is 10.0. The molecule has 2 aromatic carbocycles. The Morgan fingerprint density at radius 2 is 1.65 bits per heavy atom. The van der Waals surface area contributed by atoms with Crippen LogP contribution in [-0.4, -0.2) is 12.9 Å². The van der Waals surface area contributed by atoms with Gasteiger partial charge in [0.2, 0.25) is 0 Å². The van der Waals surface area contributed by atoms with Gasteiger partial charge in [0.15, 0.2) is 17.4 Å². The van der Waals surface area contributed by atoms with Crippen LogP contribution in [0.5, 0.6) is 5.75 Å². The highest BCUT2D eigenvalue weighted by molar-refractivity contribution is 6.31. The Balaban J connectivity index is 2.57. The fourth-order valence-corrected chi connectivity index (χ4v) is 1.87. The van der Waals surface area contributed by atoms with Crippen LogP contribution in [0.4, 0.5) is 13.2 Å². The molecule has 2 aromatic rings. The second-order valence-electron chi connectivity index (χ2n) is 3.92. The number of ketones is 1. The molecule has 0 aliphatic carbocycles. The predicted octanol–water partition coefficient (Wildman–Crippen LogP) is 4.00. The van der Waals surface area contributed by atoms with Crippen LogP contribution in [0.25, 0.3) is 0 Å². The molecule has 0 N–H and O–H groups in total. The topological polar surface area (TPSA) is 26.3 Å². The van der Waals surface area contributed by atoms with Gasteiger partial charge in [0.1, 0.15) is 11.6 Å². The maximum Gasteiger partial charge on any atom is 0.199 e. The number of hydrogen-bond donors (Lipinski definition) is 0. The standard InChI is InChI=1S/C14H8ClF3O2/c1-20-13-3-2-7(15)4-9(13)14(19)8-5-11(17)12(18)6-10(8)16/h2-6H,1H3. The minimum Gasteiger partial charge on any atom is -0.496 e. The van der Waals surface area contributed by atoms with Crippen LogP contribution in [0.2, 0.25) is 5.02 Å².